The molecule has 0 atom stereocenters. The molecule has 3 aromatic heterocycles. The predicted molar refractivity (Wildman–Crippen MR) is 102 cm³/mol. The summed E-state index contributed by atoms with van der Waals surface area (Å²) in [6.07, 6.45) is -0.711. The van der Waals surface area contributed by atoms with Crippen LogP contribution in [-0.4, -0.2) is 29.6 Å². The van der Waals surface area contributed by atoms with Crippen molar-refractivity contribution in [2.24, 2.45) is 5.92 Å². The molecule has 0 spiro atoms. The number of nitrogens with one attached hydrogen (secondary N) is 2. The SMILES string of the molecule is FC(F)(F)c1ccc2c(NCC3CCNCC3)ncc(-c3ccsc3)c2n1. The number of fused-ring (bicyclic) bond motifs is 1. The minimum absolute atomic E-state index is 0.325. The van der Waals surface area contributed by atoms with Crippen LogP contribution >= 0.6 is 11.3 Å². The molecule has 27 heavy (non-hydrogen) atoms. The van der Waals surface area contributed by atoms with Gasteiger partial charge in [0.25, 0.3) is 0 Å². The Morgan fingerprint density at radius 3 is 2.70 bits per heavy atom. The number of aromatic nitrogens is 2. The zero-order valence-corrected chi connectivity index (χ0v) is 15.3. The monoisotopic (exact) mass is 392 g/mol. The zero-order chi connectivity index (χ0) is 18.9. The van der Waals surface area contributed by atoms with E-state index in [9.17, 15) is 13.2 Å². The van der Waals surface area contributed by atoms with Gasteiger partial charge in [-0.05, 0) is 66.4 Å². The molecule has 1 fully saturated rings. The number of thiophene rings is 1. The maximum atomic E-state index is 13.2. The number of anilines is 1. The van der Waals surface area contributed by atoms with Gasteiger partial charge in [0.1, 0.15) is 11.5 Å². The Bertz CT molecular complexity index is 919. The number of nitrogens with zero attached hydrogens (tertiary/aromatic N) is 2. The lowest BCUT2D eigenvalue weighted by Crippen LogP contribution is -2.31. The average molecular weight is 392 g/mol. The van der Waals surface area contributed by atoms with Crippen molar-refractivity contribution < 1.29 is 13.2 Å². The second kappa shape index (κ2) is 7.44. The highest BCUT2D eigenvalue weighted by Gasteiger charge is 2.33. The van der Waals surface area contributed by atoms with Crippen molar-refractivity contribution >= 4 is 28.1 Å². The molecular formula is C19H19F3N4S. The van der Waals surface area contributed by atoms with Crippen LogP contribution in [0.25, 0.3) is 22.0 Å². The summed E-state index contributed by atoms with van der Waals surface area (Å²) in [6, 6.07) is 4.36. The van der Waals surface area contributed by atoms with E-state index in [1.165, 1.54) is 17.4 Å². The Hall–Kier alpha value is -2.19. The first kappa shape index (κ1) is 18.2. The van der Waals surface area contributed by atoms with Crippen LogP contribution in [0.3, 0.4) is 0 Å². The first-order chi connectivity index (χ1) is 13.0. The zero-order valence-electron chi connectivity index (χ0n) is 14.5. The molecule has 4 nitrogen and oxygen atoms in total. The van der Waals surface area contributed by atoms with Crippen molar-refractivity contribution in [3.05, 3.63) is 40.8 Å². The van der Waals surface area contributed by atoms with Gasteiger partial charge in [-0.15, -0.1) is 0 Å². The Kier molecular flexibility index (Phi) is 5.01. The summed E-state index contributed by atoms with van der Waals surface area (Å²) < 4.78 is 39.6. The van der Waals surface area contributed by atoms with Crippen LogP contribution in [0.1, 0.15) is 18.5 Å². The number of rotatable bonds is 4. The fraction of sp³-hybridized carbons (Fsp3) is 0.368. The highest BCUT2D eigenvalue weighted by atomic mass is 32.1. The molecule has 0 bridgehead atoms. The average Bonchev–Trinajstić information content (AvgIpc) is 3.20. The Balaban J connectivity index is 1.73. The first-order valence-electron chi connectivity index (χ1n) is 8.86. The van der Waals surface area contributed by atoms with Crippen LogP contribution < -0.4 is 10.6 Å². The summed E-state index contributed by atoms with van der Waals surface area (Å²) in [5.41, 5.74) is 0.881. The molecule has 0 radical (unpaired) electrons. The molecule has 1 saturated heterocycles. The lowest BCUT2D eigenvalue weighted by molar-refractivity contribution is -0.140. The van der Waals surface area contributed by atoms with Crippen molar-refractivity contribution in [1.29, 1.82) is 0 Å². The number of pyridine rings is 2. The topological polar surface area (TPSA) is 49.8 Å². The van der Waals surface area contributed by atoms with Crippen molar-refractivity contribution in [3.63, 3.8) is 0 Å². The number of alkyl halides is 3. The fourth-order valence-corrected chi connectivity index (χ4v) is 4.03. The fourth-order valence-electron chi connectivity index (χ4n) is 3.37. The van der Waals surface area contributed by atoms with Crippen molar-refractivity contribution in [1.82, 2.24) is 15.3 Å². The van der Waals surface area contributed by atoms with Gasteiger partial charge in [-0.1, -0.05) is 0 Å². The van der Waals surface area contributed by atoms with Gasteiger partial charge in [0.2, 0.25) is 0 Å². The summed E-state index contributed by atoms with van der Waals surface area (Å²) >= 11 is 1.49. The molecule has 1 aliphatic heterocycles. The first-order valence-corrected chi connectivity index (χ1v) is 9.81. The second-order valence-corrected chi connectivity index (χ2v) is 7.48. The summed E-state index contributed by atoms with van der Waals surface area (Å²) in [5, 5.41) is 11.0. The standard InChI is InChI=1S/C19H19F3N4S/c20-19(21,22)16-2-1-14-17(26-16)15(13-5-8-27-11-13)10-25-18(14)24-9-12-3-6-23-7-4-12/h1-2,5,8,10-12,23H,3-4,6-7,9H2,(H,24,25). The highest BCUT2D eigenvalue weighted by molar-refractivity contribution is 7.08. The number of hydrogen-bond acceptors (Lipinski definition) is 5. The van der Waals surface area contributed by atoms with Crippen molar-refractivity contribution in [3.8, 4) is 11.1 Å². The van der Waals surface area contributed by atoms with Crippen LogP contribution in [0.4, 0.5) is 19.0 Å². The van der Waals surface area contributed by atoms with Crippen molar-refractivity contribution in [2.75, 3.05) is 25.0 Å². The molecule has 4 heterocycles. The third-order valence-electron chi connectivity index (χ3n) is 4.87. The summed E-state index contributed by atoms with van der Waals surface area (Å²) in [5.74, 6) is 1.12. The molecule has 0 aromatic carbocycles. The van der Waals surface area contributed by atoms with E-state index in [-0.39, 0.29) is 0 Å². The summed E-state index contributed by atoms with van der Waals surface area (Å²) in [4.78, 5) is 8.44. The maximum Gasteiger partial charge on any atom is 0.433 e. The van der Waals surface area contributed by atoms with E-state index in [4.69, 9.17) is 0 Å². The van der Waals surface area contributed by atoms with E-state index in [1.807, 2.05) is 16.8 Å². The lowest BCUT2D eigenvalue weighted by Gasteiger charge is -2.23. The van der Waals surface area contributed by atoms with E-state index in [1.54, 1.807) is 6.20 Å². The van der Waals surface area contributed by atoms with E-state index in [2.05, 4.69) is 20.6 Å². The van der Waals surface area contributed by atoms with Gasteiger partial charge in [-0.2, -0.15) is 24.5 Å². The lowest BCUT2D eigenvalue weighted by atomic mass is 9.98. The molecule has 4 rings (SSSR count). The van der Waals surface area contributed by atoms with Gasteiger partial charge in [-0.3, -0.25) is 0 Å². The van der Waals surface area contributed by atoms with Crippen LogP contribution in [0.5, 0.6) is 0 Å². The Morgan fingerprint density at radius 2 is 2.00 bits per heavy atom. The Morgan fingerprint density at radius 1 is 1.19 bits per heavy atom. The van der Waals surface area contributed by atoms with Gasteiger partial charge < -0.3 is 10.6 Å². The molecule has 0 amide bonds. The summed E-state index contributed by atoms with van der Waals surface area (Å²) in [7, 11) is 0. The molecule has 0 saturated carbocycles. The third kappa shape index (κ3) is 3.91. The number of piperidine rings is 1. The van der Waals surface area contributed by atoms with E-state index in [0.717, 1.165) is 44.1 Å². The van der Waals surface area contributed by atoms with Gasteiger partial charge >= 0.3 is 6.18 Å². The molecule has 0 unspecified atom stereocenters. The third-order valence-corrected chi connectivity index (χ3v) is 5.55. The normalized spacial score (nSPS) is 16.0. The van der Waals surface area contributed by atoms with Gasteiger partial charge in [0.15, 0.2) is 0 Å². The van der Waals surface area contributed by atoms with E-state index >= 15 is 0 Å². The molecular weight excluding hydrogens is 373 g/mol. The van der Waals surface area contributed by atoms with E-state index in [0.29, 0.717) is 28.2 Å². The van der Waals surface area contributed by atoms with Crippen LogP contribution in [0.2, 0.25) is 0 Å². The number of halogens is 3. The quantitative estimate of drug-likeness (QED) is 0.670. The molecule has 0 aliphatic carbocycles. The second-order valence-electron chi connectivity index (χ2n) is 6.70. The van der Waals surface area contributed by atoms with E-state index < -0.39 is 11.9 Å². The highest BCUT2D eigenvalue weighted by Crippen LogP contribution is 2.35. The maximum absolute atomic E-state index is 13.2. The molecule has 8 heteroatoms. The van der Waals surface area contributed by atoms with Gasteiger partial charge in [0, 0.05) is 23.7 Å². The van der Waals surface area contributed by atoms with Crippen LogP contribution in [0, 0.1) is 5.92 Å². The summed E-state index contributed by atoms with van der Waals surface area (Å²) in [6.45, 7) is 2.74. The van der Waals surface area contributed by atoms with Crippen molar-refractivity contribution in [2.45, 2.75) is 19.0 Å². The minimum Gasteiger partial charge on any atom is -0.369 e. The Labute approximate surface area is 158 Å². The predicted octanol–water partition coefficient (Wildman–Crippen LogP) is 4.79. The van der Waals surface area contributed by atoms with Crippen LogP contribution in [-0.2, 0) is 6.18 Å². The largest absolute Gasteiger partial charge is 0.433 e. The van der Waals surface area contributed by atoms with Crippen LogP contribution in [0.15, 0.2) is 35.2 Å². The van der Waals surface area contributed by atoms with Gasteiger partial charge in [0.05, 0.1) is 5.52 Å². The van der Waals surface area contributed by atoms with Gasteiger partial charge in [-0.25, -0.2) is 9.97 Å². The molecule has 3 aromatic rings. The smallest absolute Gasteiger partial charge is 0.369 e. The molecule has 1 aliphatic rings. The molecule has 2 N–H and O–H groups in total. The minimum atomic E-state index is -4.48. The number of hydrogen-bond donors (Lipinski definition) is 2. The molecule has 142 valence electrons.